The van der Waals surface area contributed by atoms with Crippen LogP contribution in [0.1, 0.15) is 24.3 Å². The van der Waals surface area contributed by atoms with Crippen LogP contribution in [0.15, 0.2) is 18.3 Å². The zero-order valence-electron chi connectivity index (χ0n) is 9.65. The molecule has 1 aromatic heterocycles. The molecule has 0 saturated carbocycles. The lowest BCUT2D eigenvalue weighted by molar-refractivity contribution is 0.0943. The number of carbonyl (C=O) groups excluding carboxylic acids is 1. The fraction of sp³-hybridized carbons (Fsp3) is 0.455. The number of pyridine rings is 1. The van der Waals surface area contributed by atoms with Crippen LogP contribution in [-0.4, -0.2) is 33.5 Å². The number of nitrogens with zero attached hydrogens (tertiary/aromatic N) is 1. The lowest BCUT2D eigenvalue weighted by atomic mass is 10.2. The van der Waals surface area contributed by atoms with E-state index in [-0.39, 0.29) is 22.1 Å². The molecule has 4 nitrogen and oxygen atoms in total. The first-order chi connectivity index (χ1) is 7.46. The van der Waals surface area contributed by atoms with E-state index in [2.05, 4.69) is 10.3 Å². The Bertz CT molecular complexity index is 380. The van der Waals surface area contributed by atoms with E-state index < -0.39 is 0 Å². The second-order valence-corrected chi connectivity index (χ2v) is 5.53. The SMILES string of the molecule is CSC(C)(C)CNC(=O)c1ncccc1O. The van der Waals surface area contributed by atoms with Crippen LogP contribution in [0.4, 0.5) is 0 Å². The second-order valence-electron chi connectivity index (χ2n) is 4.02. The highest BCUT2D eigenvalue weighted by molar-refractivity contribution is 7.99. The van der Waals surface area contributed by atoms with Gasteiger partial charge in [0.1, 0.15) is 5.75 Å². The molecule has 0 aliphatic heterocycles. The first kappa shape index (κ1) is 12.8. The number of rotatable bonds is 4. The Morgan fingerprint density at radius 3 is 2.88 bits per heavy atom. The number of carbonyl (C=O) groups is 1. The lowest BCUT2D eigenvalue weighted by Crippen LogP contribution is -2.36. The Morgan fingerprint density at radius 1 is 1.62 bits per heavy atom. The highest BCUT2D eigenvalue weighted by Gasteiger charge is 2.19. The number of nitrogens with one attached hydrogen (secondary N) is 1. The van der Waals surface area contributed by atoms with Crippen molar-refractivity contribution in [3.8, 4) is 5.75 Å². The fourth-order valence-electron chi connectivity index (χ4n) is 1.02. The Balaban J connectivity index is 2.64. The van der Waals surface area contributed by atoms with E-state index in [4.69, 9.17) is 0 Å². The molecule has 1 amide bonds. The summed E-state index contributed by atoms with van der Waals surface area (Å²) in [4.78, 5) is 15.5. The predicted octanol–water partition coefficient (Wildman–Crippen LogP) is 1.66. The van der Waals surface area contributed by atoms with E-state index in [9.17, 15) is 9.90 Å². The summed E-state index contributed by atoms with van der Waals surface area (Å²) in [5.41, 5.74) is 0.0689. The summed E-state index contributed by atoms with van der Waals surface area (Å²) in [7, 11) is 0. The summed E-state index contributed by atoms with van der Waals surface area (Å²) in [6, 6.07) is 3.03. The molecule has 2 N–H and O–H groups in total. The van der Waals surface area contributed by atoms with Crippen molar-refractivity contribution in [2.24, 2.45) is 0 Å². The molecule has 0 fully saturated rings. The van der Waals surface area contributed by atoms with Crippen LogP contribution < -0.4 is 5.32 Å². The molecule has 5 heteroatoms. The maximum Gasteiger partial charge on any atom is 0.273 e. The van der Waals surface area contributed by atoms with Gasteiger partial charge in [-0.2, -0.15) is 11.8 Å². The summed E-state index contributed by atoms with van der Waals surface area (Å²) < 4.78 is -0.0277. The number of thioether (sulfide) groups is 1. The minimum atomic E-state index is -0.347. The average molecular weight is 240 g/mol. The minimum absolute atomic E-state index is 0.0277. The van der Waals surface area contributed by atoms with Crippen molar-refractivity contribution >= 4 is 17.7 Å². The Labute approximate surface area is 99.5 Å². The zero-order chi connectivity index (χ0) is 12.2. The highest BCUT2D eigenvalue weighted by atomic mass is 32.2. The van der Waals surface area contributed by atoms with Crippen LogP contribution in [-0.2, 0) is 0 Å². The molecule has 0 aliphatic rings. The molecule has 0 saturated heterocycles. The van der Waals surface area contributed by atoms with Crippen molar-refractivity contribution in [1.82, 2.24) is 10.3 Å². The molecule has 0 aliphatic carbocycles. The summed E-state index contributed by atoms with van der Waals surface area (Å²) in [5, 5.41) is 12.2. The molecule has 1 heterocycles. The number of aromatic nitrogens is 1. The van der Waals surface area contributed by atoms with Gasteiger partial charge in [0.25, 0.3) is 5.91 Å². The second kappa shape index (κ2) is 5.21. The van der Waals surface area contributed by atoms with Gasteiger partial charge in [0.2, 0.25) is 0 Å². The molecule has 0 spiro atoms. The van der Waals surface area contributed by atoms with Crippen LogP contribution in [0.3, 0.4) is 0 Å². The van der Waals surface area contributed by atoms with Gasteiger partial charge in [-0.1, -0.05) is 0 Å². The van der Waals surface area contributed by atoms with Crippen LogP contribution >= 0.6 is 11.8 Å². The van der Waals surface area contributed by atoms with Gasteiger partial charge in [0, 0.05) is 17.5 Å². The number of aromatic hydroxyl groups is 1. The third-order valence-corrected chi connectivity index (χ3v) is 3.48. The highest BCUT2D eigenvalue weighted by Crippen LogP contribution is 2.20. The number of hydrogen-bond donors (Lipinski definition) is 2. The zero-order valence-corrected chi connectivity index (χ0v) is 10.5. The Hall–Kier alpha value is -1.23. The molecular weight excluding hydrogens is 224 g/mol. The Morgan fingerprint density at radius 2 is 2.31 bits per heavy atom. The molecular formula is C11H16N2O2S. The van der Waals surface area contributed by atoms with Gasteiger partial charge < -0.3 is 10.4 Å². The third kappa shape index (κ3) is 3.41. The Kier molecular flexibility index (Phi) is 4.18. The standard InChI is InChI=1S/C11H16N2O2S/c1-11(2,16-3)7-13-10(15)9-8(14)5-4-6-12-9/h4-6,14H,7H2,1-3H3,(H,13,15). The van der Waals surface area contributed by atoms with Crippen molar-refractivity contribution in [3.05, 3.63) is 24.0 Å². The minimum Gasteiger partial charge on any atom is -0.505 e. The molecule has 0 aromatic carbocycles. The molecule has 0 unspecified atom stereocenters. The van der Waals surface area contributed by atoms with E-state index in [1.165, 1.54) is 12.3 Å². The maximum atomic E-state index is 11.7. The molecule has 0 bridgehead atoms. The van der Waals surface area contributed by atoms with Gasteiger partial charge in [0.15, 0.2) is 5.69 Å². The maximum absolute atomic E-state index is 11.7. The monoisotopic (exact) mass is 240 g/mol. The normalized spacial score (nSPS) is 11.2. The van der Waals surface area contributed by atoms with Gasteiger partial charge in [-0.3, -0.25) is 4.79 Å². The molecule has 1 rings (SSSR count). The number of amides is 1. The molecule has 16 heavy (non-hydrogen) atoms. The molecule has 0 atom stereocenters. The van der Waals surface area contributed by atoms with Gasteiger partial charge in [-0.05, 0) is 32.2 Å². The van der Waals surface area contributed by atoms with Crippen molar-refractivity contribution < 1.29 is 9.90 Å². The molecule has 88 valence electrons. The van der Waals surface area contributed by atoms with E-state index in [0.29, 0.717) is 6.54 Å². The van der Waals surface area contributed by atoms with Gasteiger partial charge in [0.05, 0.1) is 0 Å². The van der Waals surface area contributed by atoms with Crippen LogP contribution in [0.2, 0.25) is 0 Å². The largest absolute Gasteiger partial charge is 0.505 e. The number of hydrogen-bond acceptors (Lipinski definition) is 4. The van der Waals surface area contributed by atoms with E-state index in [1.807, 2.05) is 20.1 Å². The molecule has 1 aromatic rings. The van der Waals surface area contributed by atoms with Crippen LogP contribution in [0.25, 0.3) is 0 Å². The third-order valence-electron chi connectivity index (χ3n) is 2.23. The van der Waals surface area contributed by atoms with Gasteiger partial charge in [-0.25, -0.2) is 4.98 Å². The predicted molar refractivity (Wildman–Crippen MR) is 65.8 cm³/mol. The summed E-state index contributed by atoms with van der Waals surface area (Å²) >= 11 is 1.67. The first-order valence-corrected chi connectivity index (χ1v) is 6.16. The fourth-order valence-corrected chi connectivity index (χ4v) is 1.24. The first-order valence-electron chi connectivity index (χ1n) is 4.93. The van der Waals surface area contributed by atoms with Crippen molar-refractivity contribution in [3.63, 3.8) is 0 Å². The van der Waals surface area contributed by atoms with E-state index >= 15 is 0 Å². The van der Waals surface area contributed by atoms with Gasteiger partial charge in [-0.15, -0.1) is 0 Å². The summed E-state index contributed by atoms with van der Waals surface area (Å²) in [5.74, 6) is -0.442. The topological polar surface area (TPSA) is 62.2 Å². The summed E-state index contributed by atoms with van der Waals surface area (Å²) in [6.07, 6.45) is 3.47. The lowest BCUT2D eigenvalue weighted by Gasteiger charge is -2.22. The average Bonchev–Trinajstić information content (AvgIpc) is 2.27. The summed E-state index contributed by atoms with van der Waals surface area (Å²) in [6.45, 7) is 4.61. The van der Waals surface area contributed by atoms with Gasteiger partial charge >= 0.3 is 0 Å². The quantitative estimate of drug-likeness (QED) is 0.840. The van der Waals surface area contributed by atoms with Crippen molar-refractivity contribution in [1.29, 1.82) is 0 Å². The van der Waals surface area contributed by atoms with Crippen LogP contribution in [0, 0.1) is 0 Å². The molecule has 0 radical (unpaired) electrons. The van der Waals surface area contributed by atoms with E-state index in [1.54, 1.807) is 17.8 Å². The van der Waals surface area contributed by atoms with Crippen LogP contribution in [0.5, 0.6) is 5.75 Å². The van der Waals surface area contributed by atoms with Crippen molar-refractivity contribution in [2.45, 2.75) is 18.6 Å². The van der Waals surface area contributed by atoms with Crippen molar-refractivity contribution in [2.75, 3.05) is 12.8 Å². The smallest absolute Gasteiger partial charge is 0.273 e. The van der Waals surface area contributed by atoms with E-state index in [0.717, 1.165) is 0 Å².